The number of unbranched alkanes of at least 4 members (excludes halogenated alkanes) is 10. The monoisotopic (exact) mass is 346 g/mol. The molecule has 0 aliphatic heterocycles. The van der Waals surface area contributed by atoms with E-state index in [0.717, 1.165) is 12.8 Å². The SMILES string of the molecule is CCCCCCCCC(O)C(CCCCCCCC)c1ccccc1. The molecule has 1 heteroatoms. The van der Waals surface area contributed by atoms with Crippen LogP contribution in [0.3, 0.4) is 0 Å². The highest BCUT2D eigenvalue weighted by Crippen LogP contribution is 2.29. The van der Waals surface area contributed by atoms with Gasteiger partial charge >= 0.3 is 0 Å². The molecule has 1 rings (SSSR count). The number of rotatable bonds is 16. The van der Waals surface area contributed by atoms with Crippen molar-refractivity contribution in [2.45, 2.75) is 116 Å². The predicted octanol–water partition coefficient (Wildman–Crippen LogP) is 7.63. The summed E-state index contributed by atoms with van der Waals surface area (Å²) in [5.74, 6) is 0.322. The molecule has 0 bridgehead atoms. The molecule has 2 unspecified atom stereocenters. The van der Waals surface area contributed by atoms with Gasteiger partial charge in [-0.25, -0.2) is 0 Å². The Kier molecular flexibility index (Phi) is 13.7. The molecule has 0 amide bonds. The fourth-order valence-corrected chi connectivity index (χ4v) is 3.76. The van der Waals surface area contributed by atoms with Crippen molar-refractivity contribution in [3.8, 4) is 0 Å². The van der Waals surface area contributed by atoms with Crippen LogP contribution in [-0.2, 0) is 0 Å². The van der Waals surface area contributed by atoms with Crippen LogP contribution in [0.4, 0.5) is 0 Å². The van der Waals surface area contributed by atoms with Gasteiger partial charge in [0, 0.05) is 5.92 Å². The maximum atomic E-state index is 10.8. The number of aliphatic hydroxyl groups is 1. The molecule has 0 aromatic heterocycles. The molecule has 0 aliphatic rings. The number of aliphatic hydroxyl groups excluding tert-OH is 1. The van der Waals surface area contributed by atoms with Gasteiger partial charge in [0.25, 0.3) is 0 Å². The maximum absolute atomic E-state index is 10.8. The third-order valence-corrected chi connectivity index (χ3v) is 5.41. The molecule has 25 heavy (non-hydrogen) atoms. The van der Waals surface area contributed by atoms with E-state index in [1.165, 1.54) is 82.6 Å². The third kappa shape index (κ3) is 10.7. The van der Waals surface area contributed by atoms with Gasteiger partial charge in [-0.05, 0) is 18.4 Å². The Labute approximate surface area is 157 Å². The first-order valence-electron chi connectivity index (χ1n) is 11.0. The van der Waals surface area contributed by atoms with Gasteiger partial charge in [-0.15, -0.1) is 0 Å². The molecule has 1 aromatic rings. The molecule has 0 fully saturated rings. The Hall–Kier alpha value is -0.820. The zero-order valence-corrected chi connectivity index (χ0v) is 16.9. The van der Waals surface area contributed by atoms with E-state index in [1.54, 1.807) is 0 Å². The van der Waals surface area contributed by atoms with E-state index in [0.29, 0.717) is 5.92 Å². The van der Waals surface area contributed by atoms with Crippen LogP contribution in [-0.4, -0.2) is 11.2 Å². The van der Waals surface area contributed by atoms with Gasteiger partial charge < -0.3 is 5.11 Å². The minimum Gasteiger partial charge on any atom is -0.392 e. The summed E-state index contributed by atoms with van der Waals surface area (Å²) in [6, 6.07) is 10.7. The first-order chi connectivity index (χ1) is 12.3. The lowest BCUT2D eigenvalue weighted by molar-refractivity contribution is 0.124. The molecule has 144 valence electrons. The molecule has 0 aliphatic carbocycles. The summed E-state index contributed by atoms with van der Waals surface area (Å²) in [5, 5.41) is 10.8. The van der Waals surface area contributed by atoms with E-state index in [4.69, 9.17) is 0 Å². The second-order valence-electron chi connectivity index (χ2n) is 7.70. The van der Waals surface area contributed by atoms with E-state index >= 15 is 0 Å². The standard InChI is InChI=1S/C24H42O/c1-3-5-7-9-11-16-20-23(22-18-14-13-15-19-22)24(25)21-17-12-10-8-6-4-2/h13-15,18-19,23-25H,3-12,16-17,20-21H2,1-2H3. The Morgan fingerprint density at radius 1 is 0.640 bits per heavy atom. The molecular weight excluding hydrogens is 304 g/mol. The summed E-state index contributed by atoms with van der Waals surface area (Å²) < 4.78 is 0. The largest absolute Gasteiger partial charge is 0.392 e. The van der Waals surface area contributed by atoms with Crippen molar-refractivity contribution in [2.24, 2.45) is 0 Å². The van der Waals surface area contributed by atoms with Gasteiger partial charge in [0.05, 0.1) is 6.10 Å². The third-order valence-electron chi connectivity index (χ3n) is 5.41. The van der Waals surface area contributed by atoms with Gasteiger partial charge in [-0.1, -0.05) is 121 Å². The van der Waals surface area contributed by atoms with E-state index in [9.17, 15) is 5.11 Å². The summed E-state index contributed by atoms with van der Waals surface area (Å²) in [5.41, 5.74) is 1.33. The Morgan fingerprint density at radius 3 is 1.68 bits per heavy atom. The second kappa shape index (κ2) is 15.4. The van der Waals surface area contributed by atoms with Crippen LogP contribution >= 0.6 is 0 Å². The molecule has 0 spiro atoms. The van der Waals surface area contributed by atoms with Crippen LogP contribution in [0.25, 0.3) is 0 Å². The normalized spacial score (nSPS) is 13.7. The number of benzene rings is 1. The van der Waals surface area contributed by atoms with Gasteiger partial charge in [0.2, 0.25) is 0 Å². The summed E-state index contributed by atoms with van der Waals surface area (Å²) >= 11 is 0. The average molecular weight is 347 g/mol. The topological polar surface area (TPSA) is 20.2 Å². The first-order valence-corrected chi connectivity index (χ1v) is 11.0. The lowest BCUT2D eigenvalue weighted by Gasteiger charge is -2.24. The highest BCUT2D eigenvalue weighted by molar-refractivity contribution is 5.20. The van der Waals surface area contributed by atoms with Crippen molar-refractivity contribution in [3.05, 3.63) is 35.9 Å². The highest BCUT2D eigenvalue weighted by Gasteiger charge is 2.20. The van der Waals surface area contributed by atoms with Crippen molar-refractivity contribution in [1.82, 2.24) is 0 Å². The van der Waals surface area contributed by atoms with Gasteiger partial charge in [-0.3, -0.25) is 0 Å². The fraction of sp³-hybridized carbons (Fsp3) is 0.750. The molecule has 0 heterocycles. The summed E-state index contributed by atoms with van der Waals surface area (Å²) in [6.07, 6.45) is 17.6. The highest BCUT2D eigenvalue weighted by atomic mass is 16.3. The van der Waals surface area contributed by atoms with Gasteiger partial charge in [-0.2, -0.15) is 0 Å². The van der Waals surface area contributed by atoms with Crippen LogP contribution in [0.5, 0.6) is 0 Å². The minimum absolute atomic E-state index is 0.177. The smallest absolute Gasteiger partial charge is 0.0608 e. The van der Waals surface area contributed by atoms with Crippen molar-refractivity contribution in [3.63, 3.8) is 0 Å². The predicted molar refractivity (Wildman–Crippen MR) is 111 cm³/mol. The molecular formula is C24H42O. The molecule has 2 atom stereocenters. The first kappa shape index (κ1) is 22.2. The van der Waals surface area contributed by atoms with E-state index in [1.807, 2.05) is 0 Å². The Morgan fingerprint density at radius 2 is 1.12 bits per heavy atom. The number of hydrogen-bond donors (Lipinski definition) is 1. The zero-order valence-electron chi connectivity index (χ0n) is 16.9. The zero-order chi connectivity index (χ0) is 18.2. The lowest BCUT2D eigenvalue weighted by atomic mass is 9.86. The van der Waals surface area contributed by atoms with Crippen LogP contribution < -0.4 is 0 Å². The summed E-state index contributed by atoms with van der Waals surface area (Å²) in [7, 11) is 0. The Balaban J connectivity index is 2.37. The fourth-order valence-electron chi connectivity index (χ4n) is 3.76. The van der Waals surface area contributed by atoms with Gasteiger partial charge in [0.15, 0.2) is 0 Å². The van der Waals surface area contributed by atoms with Crippen LogP contribution in [0.1, 0.15) is 115 Å². The molecule has 1 N–H and O–H groups in total. The van der Waals surface area contributed by atoms with Gasteiger partial charge in [0.1, 0.15) is 0 Å². The maximum Gasteiger partial charge on any atom is 0.0608 e. The summed E-state index contributed by atoms with van der Waals surface area (Å²) in [4.78, 5) is 0. The number of hydrogen-bond acceptors (Lipinski definition) is 1. The molecule has 1 aromatic carbocycles. The van der Waals surface area contributed by atoms with Crippen LogP contribution in [0.15, 0.2) is 30.3 Å². The van der Waals surface area contributed by atoms with Crippen molar-refractivity contribution in [2.75, 3.05) is 0 Å². The van der Waals surface area contributed by atoms with Crippen molar-refractivity contribution < 1.29 is 5.11 Å². The minimum atomic E-state index is -0.177. The molecule has 0 saturated carbocycles. The van der Waals surface area contributed by atoms with E-state index in [-0.39, 0.29) is 6.10 Å². The van der Waals surface area contributed by atoms with Crippen LogP contribution in [0.2, 0.25) is 0 Å². The van der Waals surface area contributed by atoms with Crippen molar-refractivity contribution >= 4 is 0 Å². The lowest BCUT2D eigenvalue weighted by Crippen LogP contribution is -2.18. The molecule has 0 saturated heterocycles. The van der Waals surface area contributed by atoms with Crippen LogP contribution in [0, 0.1) is 0 Å². The molecule has 0 radical (unpaired) electrons. The quantitative estimate of drug-likeness (QED) is 0.305. The molecule has 1 nitrogen and oxygen atoms in total. The van der Waals surface area contributed by atoms with E-state index in [2.05, 4.69) is 44.2 Å². The Bertz CT molecular complexity index is 386. The van der Waals surface area contributed by atoms with E-state index < -0.39 is 0 Å². The second-order valence-corrected chi connectivity index (χ2v) is 7.70. The summed E-state index contributed by atoms with van der Waals surface area (Å²) in [6.45, 7) is 4.53. The average Bonchev–Trinajstić information content (AvgIpc) is 2.64. The van der Waals surface area contributed by atoms with Crippen molar-refractivity contribution in [1.29, 1.82) is 0 Å².